The molecule has 0 aromatic heterocycles. The molecule has 0 aliphatic rings. The number of benzene rings is 1. The minimum atomic E-state index is -0.382. The Morgan fingerprint density at radius 1 is 1.50 bits per heavy atom. The van der Waals surface area contributed by atoms with Gasteiger partial charge in [-0.2, -0.15) is 0 Å². The zero-order valence-electron chi connectivity index (χ0n) is 6.69. The van der Waals surface area contributed by atoms with Gasteiger partial charge in [-0.15, -0.1) is 0 Å². The molecule has 0 spiro atoms. The van der Waals surface area contributed by atoms with E-state index in [1.165, 1.54) is 6.07 Å². The lowest BCUT2D eigenvalue weighted by Crippen LogP contribution is -1.89. The van der Waals surface area contributed by atoms with Crippen molar-refractivity contribution in [1.29, 1.82) is 0 Å². The number of hydrogen-bond donors (Lipinski definition) is 0. The molecule has 3 nitrogen and oxygen atoms in total. The molecule has 0 bridgehead atoms. The molecule has 0 amide bonds. The Morgan fingerprint density at radius 3 is 2.83 bits per heavy atom. The lowest BCUT2D eigenvalue weighted by Gasteiger charge is -1.96. The van der Waals surface area contributed by atoms with Crippen molar-refractivity contribution in [2.45, 2.75) is 12.8 Å². The summed E-state index contributed by atoms with van der Waals surface area (Å²) in [5.41, 5.74) is 1.13. The normalized spacial score (nSPS) is 9.75. The molecule has 0 fully saturated rings. The second kappa shape index (κ2) is 3.85. The van der Waals surface area contributed by atoms with Crippen LogP contribution in [-0.4, -0.2) is 4.92 Å². The van der Waals surface area contributed by atoms with Crippen LogP contribution >= 0.6 is 0 Å². The summed E-state index contributed by atoms with van der Waals surface area (Å²) in [7, 11) is 0. The first-order valence-electron chi connectivity index (χ1n) is 3.76. The van der Waals surface area contributed by atoms with Gasteiger partial charge in [-0.3, -0.25) is 10.1 Å². The van der Waals surface area contributed by atoms with E-state index >= 15 is 0 Å². The molecular formula is C9H10NO2. The number of non-ortho nitro benzene ring substituents is 1. The minimum absolute atomic E-state index is 0.154. The van der Waals surface area contributed by atoms with Gasteiger partial charge in [0.25, 0.3) is 5.69 Å². The first-order valence-corrected chi connectivity index (χ1v) is 3.76. The third-order valence-electron chi connectivity index (χ3n) is 1.59. The summed E-state index contributed by atoms with van der Waals surface area (Å²) in [6.45, 7) is 3.69. The molecule has 0 N–H and O–H groups in total. The first kappa shape index (κ1) is 8.71. The van der Waals surface area contributed by atoms with Crippen molar-refractivity contribution >= 4 is 5.69 Å². The monoisotopic (exact) mass is 164 g/mol. The van der Waals surface area contributed by atoms with Gasteiger partial charge in [0.05, 0.1) is 4.92 Å². The third-order valence-corrected chi connectivity index (χ3v) is 1.59. The van der Waals surface area contributed by atoms with Crippen molar-refractivity contribution in [3.63, 3.8) is 0 Å². The SMILES string of the molecule is [CH2]CCc1cccc([N+](=O)[O-])c1. The van der Waals surface area contributed by atoms with Gasteiger partial charge in [-0.1, -0.05) is 19.1 Å². The number of hydrogen-bond acceptors (Lipinski definition) is 2. The van der Waals surface area contributed by atoms with Crippen LogP contribution in [-0.2, 0) is 6.42 Å². The number of nitro groups is 1. The fourth-order valence-corrected chi connectivity index (χ4v) is 1.03. The Labute approximate surface area is 71.2 Å². The largest absolute Gasteiger partial charge is 0.269 e. The smallest absolute Gasteiger partial charge is 0.258 e. The van der Waals surface area contributed by atoms with Gasteiger partial charge < -0.3 is 0 Å². The highest BCUT2D eigenvalue weighted by molar-refractivity contribution is 5.34. The predicted molar refractivity (Wildman–Crippen MR) is 46.8 cm³/mol. The van der Waals surface area contributed by atoms with Crippen molar-refractivity contribution in [1.82, 2.24) is 0 Å². The topological polar surface area (TPSA) is 43.1 Å². The summed E-state index contributed by atoms with van der Waals surface area (Å²) < 4.78 is 0. The van der Waals surface area contributed by atoms with Crippen LogP contribution in [0.5, 0.6) is 0 Å². The zero-order chi connectivity index (χ0) is 8.97. The van der Waals surface area contributed by atoms with Gasteiger partial charge in [0, 0.05) is 12.1 Å². The maximum Gasteiger partial charge on any atom is 0.269 e. The van der Waals surface area contributed by atoms with Crippen molar-refractivity contribution in [3.8, 4) is 0 Å². The maximum atomic E-state index is 10.3. The quantitative estimate of drug-likeness (QED) is 0.508. The lowest BCUT2D eigenvalue weighted by atomic mass is 10.1. The molecule has 1 aromatic rings. The Bertz CT molecular complexity index is 284. The summed E-state index contributed by atoms with van der Waals surface area (Å²) in [6.07, 6.45) is 1.56. The van der Waals surface area contributed by atoms with Crippen molar-refractivity contribution < 1.29 is 4.92 Å². The molecule has 0 unspecified atom stereocenters. The molecule has 0 aliphatic heterocycles. The van der Waals surface area contributed by atoms with Crippen LogP contribution in [0.15, 0.2) is 24.3 Å². The first-order chi connectivity index (χ1) is 5.74. The van der Waals surface area contributed by atoms with E-state index < -0.39 is 0 Å². The van der Waals surface area contributed by atoms with Gasteiger partial charge in [-0.05, 0) is 18.4 Å². The number of aryl methyl sites for hydroxylation is 1. The predicted octanol–water partition coefficient (Wildman–Crippen LogP) is 2.36. The fourth-order valence-electron chi connectivity index (χ4n) is 1.03. The molecule has 12 heavy (non-hydrogen) atoms. The van der Waals surface area contributed by atoms with E-state index in [1.807, 2.05) is 6.07 Å². The van der Waals surface area contributed by atoms with Crippen LogP contribution in [0.3, 0.4) is 0 Å². The van der Waals surface area contributed by atoms with Gasteiger partial charge in [0.15, 0.2) is 0 Å². The van der Waals surface area contributed by atoms with Crippen LogP contribution < -0.4 is 0 Å². The van der Waals surface area contributed by atoms with E-state index in [-0.39, 0.29) is 10.6 Å². The number of nitro benzene ring substituents is 1. The molecule has 63 valence electrons. The third kappa shape index (κ3) is 2.05. The average molecular weight is 164 g/mol. The van der Waals surface area contributed by atoms with Crippen LogP contribution in [0.2, 0.25) is 0 Å². The molecule has 0 saturated heterocycles. The van der Waals surface area contributed by atoms with Gasteiger partial charge in [0.1, 0.15) is 0 Å². The second-order valence-corrected chi connectivity index (χ2v) is 2.53. The second-order valence-electron chi connectivity index (χ2n) is 2.53. The molecule has 0 saturated carbocycles. The van der Waals surface area contributed by atoms with Crippen molar-refractivity contribution in [2.24, 2.45) is 0 Å². The molecular weight excluding hydrogens is 154 g/mol. The Hall–Kier alpha value is -1.38. The van der Waals surface area contributed by atoms with E-state index in [4.69, 9.17) is 0 Å². The molecule has 1 aromatic carbocycles. The van der Waals surface area contributed by atoms with Gasteiger partial charge in [0.2, 0.25) is 0 Å². The Morgan fingerprint density at radius 2 is 2.25 bits per heavy atom. The zero-order valence-corrected chi connectivity index (χ0v) is 6.69. The van der Waals surface area contributed by atoms with Crippen LogP contribution in [0, 0.1) is 17.0 Å². The standard InChI is InChI=1S/C9H10NO2/c1-2-4-8-5-3-6-9(7-8)10(11)12/h3,5-7H,1-2,4H2. The molecule has 0 atom stereocenters. The summed E-state index contributed by atoms with van der Waals surface area (Å²) in [5.74, 6) is 0. The van der Waals surface area contributed by atoms with E-state index in [0.29, 0.717) is 0 Å². The molecule has 3 heteroatoms. The Kier molecular flexibility index (Phi) is 2.80. The highest BCUT2D eigenvalue weighted by Gasteiger charge is 2.03. The summed E-state index contributed by atoms with van der Waals surface area (Å²) in [6, 6.07) is 6.65. The molecule has 1 rings (SSSR count). The average Bonchev–Trinajstić information content (AvgIpc) is 2.05. The molecule has 1 radical (unpaired) electrons. The van der Waals surface area contributed by atoms with Gasteiger partial charge >= 0.3 is 0 Å². The van der Waals surface area contributed by atoms with Crippen molar-refractivity contribution in [2.75, 3.05) is 0 Å². The van der Waals surface area contributed by atoms with Crippen LogP contribution in [0.4, 0.5) is 5.69 Å². The summed E-state index contributed by atoms with van der Waals surface area (Å²) in [4.78, 5) is 9.96. The van der Waals surface area contributed by atoms with E-state index in [2.05, 4.69) is 6.92 Å². The lowest BCUT2D eigenvalue weighted by molar-refractivity contribution is -0.384. The highest BCUT2D eigenvalue weighted by atomic mass is 16.6. The number of rotatable bonds is 3. The molecule has 0 aliphatic carbocycles. The molecule has 0 heterocycles. The minimum Gasteiger partial charge on any atom is -0.258 e. The van der Waals surface area contributed by atoms with Crippen LogP contribution in [0.25, 0.3) is 0 Å². The summed E-state index contributed by atoms with van der Waals surface area (Å²) >= 11 is 0. The van der Waals surface area contributed by atoms with Crippen molar-refractivity contribution in [3.05, 3.63) is 46.9 Å². The Balaban J connectivity index is 2.88. The highest BCUT2D eigenvalue weighted by Crippen LogP contribution is 2.13. The maximum absolute atomic E-state index is 10.3. The van der Waals surface area contributed by atoms with E-state index in [1.54, 1.807) is 12.1 Å². The van der Waals surface area contributed by atoms with E-state index in [0.717, 1.165) is 18.4 Å². The summed E-state index contributed by atoms with van der Waals surface area (Å²) in [5, 5.41) is 10.3. The van der Waals surface area contributed by atoms with E-state index in [9.17, 15) is 10.1 Å². The van der Waals surface area contributed by atoms with Gasteiger partial charge in [-0.25, -0.2) is 0 Å². The number of nitrogens with zero attached hydrogens (tertiary/aromatic N) is 1. The fraction of sp³-hybridized carbons (Fsp3) is 0.222. The van der Waals surface area contributed by atoms with Crippen LogP contribution in [0.1, 0.15) is 12.0 Å².